The summed E-state index contributed by atoms with van der Waals surface area (Å²) >= 11 is 0. The summed E-state index contributed by atoms with van der Waals surface area (Å²) in [5.74, 6) is 1.65. The molecule has 0 bridgehead atoms. The lowest BCUT2D eigenvalue weighted by Crippen LogP contribution is -2.36. The Morgan fingerprint density at radius 1 is 1.44 bits per heavy atom. The van der Waals surface area contributed by atoms with Gasteiger partial charge in [0.1, 0.15) is 0 Å². The van der Waals surface area contributed by atoms with E-state index in [9.17, 15) is 0 Å². The Balaban J connectivity index is 2.93. The first-order valence-corrected chi connectivity index (χ1v) is 5.60. The molecule has 0 spiro atoms. The van der Waals surface area contributed by atoms with Crippen LogP contribution in [-0.2, 0) is 0 Å². The number of aromatic nitrogens is 1. The van der Waals surface area contributed by atoms with Crippen molar-refractivity contribution in [3.63, 3.8) is 0 Å². The Labute approximate surface area is 97.4 Å². The van der Waals surface area contributed by atoms with Gasteiger partial charge in [0.15, 0.2) is 11.6 Å². The normalized spacial score (nSPS) is 12.6. The first kappa shape index (κ1) is 12.8. The van der Waals surface area contributed by atoms with E-state index < -0.39 is 0 Å². The van der Waals surface area contributed by atoms with Gasteiger partial charge in [0.05, 0.1) is 6.10 Å². The molecule has 0 fully saturated rings. The fourth-order valence-corrected chi connectivity index (χ4v) is 1.36. The lowest BCUT2D eigenvalue weighted by Gasteiger charge is -2.26. The topological polar surface area (TPSA) is 51.4 Å². The monoisotopic (exact) mass is 223 g/mol. The minimum absolute atomic E-state index is 0.143. The van der Waals surface area contributed by atoms with Crippen molar-refractivity contribution in [2.75, 3.05) is 18.5 Å². The maximum absolute atomic E-state index is 5.72. The third-order valence-corrected chi connectivity index (χ3v) is 2.45. The second-order valence-electron chi connectivity index (χ2n) is 4.19. The van der Waals surface area contributed by atoms with Gasteiger partial charge in [-0.15, -0.1) is 0 Å². The second-order valence-corrected chi connectivity index (χ2v) is 4.19. The highest BCUT2D eigenvalue weighted by Crippen LogP contribution is 2.26. The molecule has 0 amide bonds. The van der Waals surface area contributed by atoms with Crippen molar-refractivity contribution < 1.29 is 4.74 Å². The Morgan fingerprint density at radius 2 is 2.12 bits per heavy atom. The third-order valence-electron chi connectivity index (χ3n) is 2.45. The van der Waals surface area contributed by atoms with E-state index >= 15 is 0 Å². The zero-order chi connectivity index (χ0) is 12.1. The van der Waals surface area contributed by atoms with Gasteiger partial charge in [0.25, 0.3) is 0 Å². The fourth-order valence-electron chi connectivity index (χ4n) is 1.36. The van der Waals surface area contributed by atoms with Crippen molar-refractivity contribution in [3.05, 3.63) is 18.3 Å². The molecule has 1 rings (SSSR count). The van der Waals surface area contributed by atoms with E-state index in [-0.39, 0.29) is 12.1 Å². The van der Waals surface area contributed by atoms with Gasteiger partial charge < -0.3 is 15.4 Å². The van der Waals surface area contributed by atoms with E-state index in [1.165, 1.54) is 0 Å². The van der Waals surface area contributed by atoms with Crippen LogP contribution in [0.15, 0.2) is 18.3 Å². The summed E-state index contributed by atoms with van der Waals surface area (Å²) in [6, 6.07) is 4.05. The highest BCUT2D eigenvalue weighted by Gasteiger charge is 2.14. The summed E-state index contributed by atoms with van der Waals surface area (Å²) in [6.45, 7) is 6.66. The quantitative estimate of drug-likeness (QED) is 0.824. The van der Waals surface area contributed by atoms with E-state index in [1.807, 2.05) is 37.9 Å². The minimum Gasteiger partial charge on any atom is -0.487 e. The molecule has 0 radical (unpaired) electrons. The molecule has 2 N–H and O–H groups in total. The third kappa shape index (κ3) is 3.10. The molecular formula is C12H21N3O. The average Bonchev–Trinajstić information content (AvgIpc) is 2.27. The Kier molecular flexibility index (Phi) is 4.55. The van der Waals surface area contributed by atoms with E-state index in [0.717, 1.165) is 11.6 Å². The smallest absolute Gasteiger partial charge is 0.171 e. The van der Waals surface area contributed by atoms with Gasteiger partial charge >= 0.3 is 0 Å². The Morgan fingerprint density at radius 3 is 2.69 bits per heavy atom. The molecule has 0 saturated heterocycles. The highest BCUT2D eigenvalue weighted by atomic mass is 16.5. The number of hydrogen-bond acceptors (Lipinski definition) is 4. The second kappa shape index (κ2) is 5.70. The summed E-state index contributed by atoms with van der Waals surface area (Å²) in [5.41, 5.74) is 5.65. The molecule has 90 valence electrons. The molecule has 0 aliphatic heterocycles. The average molecular weight is 223 g/mol. The van der Waals surface area contributed by atoms with E-state index in [1.54, 1.807) is 6.20 Å². The molecule has 0 aliphatic rings. The SMILES string of the molecule is CC(C)Oc1cccnc1N(C)C(C)CN. The van der Waals surface area contributed by atoms with Crippen LogP contribution >= 0.6 is 0 Å². The van der Waals surface area contributed by atoms with Crippen molar-refractivity contribution in [1.29, 1.82) is 0 Å². The number of anilines is 1. The fraction of sp³-hybridized carbons (Fsp3) is 0.583. The summed E-state index contributed by atoms with van der Waals surface area (Å²) in [7, 11) is 1.98. The number of likely N-dealkylation sites (N-methyl/N-ethyl adjacent to an activating group) is 1. The van der Waals surface area contributed by atoms with Crippen LogP contribution < -0.4 is 15.4 Å². The maximum atomic E-state index is 5.72. The van der Waals surface area contributed by atoms with E-state index in [4.69, 9.17) is 10.5 Å². The van der Waals surface area contributed by atoms with E-state index in [2.05, 4.69) is 11.9 Å². The van der Waals surface area contributed by atoms with Gasteiger partial charge in [-0.3, -0.25) is 0 Å². The molecule has 16 heavy (non-hydrogen) atoms. The lowest BCUT2D eigenvalue weighted by atomic mass is 10.3. The van der Waals surface area contributed by atoms with Gasteiger partial charge in [0.2, 0.25) is 0 Å². The molecular weight excluding hydrogens is 202 g/mol. The first-order chi connectivity index (χ1) is 7.56. The van der Waals surface area contributed by atoms with Gasteiger partial charge in [-0.05, 0) is 32.9 Å². The largest absolute Gasteiger partial charge is 0.487 e. The standard InChI is InChI=1S/C12H21N3O/c1-9(2)16-11-6-5-7-14-12(11)15(4)10(3)8-13/h5-7,9-10H,8,13H2,1-4H3. The molecule has 1 aromatic heterocycles. The molecule has 0 aromatic carbocycles. The van der Waals surface area contributed by atoms with Crippen molar-refractivity contribution in [2.45, 2.75) is 32.9 Å². The number of ether oxygens (including phenoxy) is 1. The molecule has 4 nitrogen and oxygen atoms in total. The summed E-state index contributed by atoms with van der Waals surface area (Å²) in [6.07, 6.45) is 1.91. The van der Waals surface area contributed by atoms with Crippen molar-refractivity contribution >= 4 is 5.82 Å². The van der Waals surface area contributed by atoms with Gasteiger partial charge in [0, 0.05) is 25.8 Å². The van der Waals surface area contributed by atoms with Crippen LogP contribution in [0.2, 0.25) is 0 Å². The van der Waals surface area contributed by atoms with Crippen LogP contribution in [0.4, 0.5) is 5.82 Å². The highest BCUT2D eigenvalue weighted by molar-refractivity contribution is 5.52. The molecule has 1 unspecified atom stereocenters. The molecule has 4 heteroatoms. The van der Waals surface area contributed by atoms with Crippen molar-refractivity contribution in [3.8, 4) is 5.75 Å². The van der Waals surface area contributed by atoms with Crippen molar-refractivity contribution in [1.82, 2.24) is 4.98 Å². The Hall–Kier alpha value is -1.29. The number of hydrogen-bond donors (Lipinski definition) is 1. The Bertz CT molecular complexity index is 328. The number of nitrogens with two attached hydrogens (primary N) is 1. The van der Waals surface area contributed by atoms with Gasteiger partial charge in [-0.2, -0.15) is 0 Å². The minimum atomic E-state index is 0.143. The predicted molar refractivity (Wildman–Crippen MR) is 66.9 cm³/mol. The zero-order valence-corrected chi connectivity index (χ0v) is 10.5. The summed E-state index contributed by atoms with van der Waals surface area (Å²) in [4.78, 5) is 6.39. The molecule has 1 aromatic rings. The molecule has 1 atom stereocenters. The van der Waals surface area contributed by atoms with Crippen LogP contribution in [-0.4, -0.2) is 30.7 Å². The first-order valence-electron chi connectivity index (χ1n) is 5.60. The van der Waals surface area contributed by atoms with Crippen LogP contribution in [0.1, 0.15) is 20.8 Å². The molecule has 0 aliphatic carbocycles. The predicted octanol–water partition coefficient (Wildman–Crippen LogP) is 1.65. The van der Waals surface area contributed by atoms with Crippen LogP contribution in [0.25, 0.3) is 0 Å². The van der Waals surface area contributed by atoms with Gasteiger partial charge in [-0.25, -0.2) is 4.98 Å². The number of pyridine rings is 1. The van der Waals surface area contributed by atoms with E-state index in [0.29, 0.717) is 6.54 Å². The van der Waals surface area contributed by atoms with Crippen LogP contribution in [0.5, 0.6) is 5.75 Å². The van der Waals surface area contributed by atoms with Crippen LogP contribution in [0.3, 0.4) is 0 Å². The maximum Gasteiger partial charge on any atom is 0.171 e. The van der Waals surface area contributed by atoms with Gasteiger partial charge in [-0.1, -0.05) is 0 Å². The summed E-state index contributed by atoms with van der Waals surface area (Å²) in [5, 5.41) is 0. The van der Waals surface area contributed by atoms with Crippen molar-refractivity contribution in [2.24, 2.45) is 5.73 Å². The number of nitrogens with zero attached hydrogens (tertiary/aromatic N) is 2. The molecule has 1 heterocycles. The van der Waals surface area contributed by atoms with Crippen LogP contribution in [0, 0.1) is 0 Å². The lowest BCUT2D eigenvalue weighted by molar-refractivity contribution is 0.242. The summed E-state index contributed by atoms with van der Waals surface area (Å²) < 4.78 is 5.72. The molecule has 0 saturated carbocycles. The number of rotatable bonds is 5. The zero-order valence-electron chi connectivity index (χ0n) is 10.5.